The van der Waals surface area contributed by atoms with Crippen LogP contribution in [0.15, 0.2) is 48.5 Å². The Labute approximate surface area is 126 Å². The Kier molecular flexibility index (Phi) is 3.98. The highest BCUT2D eigenvalue weighted by atomic mass is 16.5. The van der Waals surface area contributed by atoms with E-state index in [0.29, 0.717) is 0 Å². The Hall–Kier alpha value is -1.80. The molecule has 1 saturated carbocycles. The van der Waals surface area contributed by atoms with Gasteiger partial charge in [0.1, 0.15) is 5.75 Å². The van der Waals surface area contributed by atoms with E-state index in [4.69, 9.17) is 4.74 Å². The molecule has 1 aliphatic heterocycles. The molecular weight excluding hydrogens is 258 g/mol. The van der Waals surface area contributed by atoms with Crippen molar-refractivity contribution in [3.8, 4) is 5.75 Å². The Morgan fingerprint density at radius 3 is 2.43 bits per heavy atom. The van der Waals surface area contributed by atoms with Crippen LogP contribution in [0.25, 0.3) is 0 Å². The van der Waals surface area contributed by atoms with Crippen molar-refractivity contribution in [2.24, 2.45) is 5.73 Å². The first kappa shape index (κ1) is 14.2. The summed E-state index contributed by atoms with van der Waals surface area (Å²) in [4.78, 5) is 0. The van der Waals surface area contributed by atoms with Gasteiger partial charge < -0.3 is 10.5 Å². The zero-order valence-corrected chi connectivity index (χ0v) is 12.6. The van der Waals surface area contributed by atoms with Gasteiger partial charge in [-0.2, -0.15) is 0 Å². The predicted molar refractivity (Wildman–Crippen MR) is 86.8 cm³/mol. The normalized spacial score (nSPS) is 17.8. The Bertz CT molecular complexity index is 602. The number of rotatable bonds is 2. The molecule has 0 saturated heterocycles. The lowest BCUT2D eigenvalue weighted by molar-refractivity contribution is 0.288. The standard InChI is InChI=1S/C18H18O.CH5N/c1-2-6-15(7-3-1)18(10-11-18)16-9-8-14-5-4-12-19-17(14)13-16;1-2/h1-3,6-9,13H,4-5,10-12H2;2H2,1H3. The van der Waals surface area contributed by atoms with Gasteiger partial charge in [0.25, 0.3) is 0 Å². The van der Waals surface area contributed by atoms with Crippen LogP contribution in [0.1, 0.15) is 36.0 Å². The van der Waals surface area contributed by atoms with Crippen molar-refractivity contribution in [2.45, 2.75) is 31.1 Å². The van der Waals surface area contributed by atoms with Crippen LogP contribution in [0.4, 0.5) is 0 Å². The second-order valence-electron chi connectivity index (χ2n) is 5.72. The number of fused-ring (bicyclic) bond motifs is 1. The van der Waals surface area contributed by atoms with E-state index in [1.165, 1.54) is 36.6 Å². The fourth-order valence-electron chi connectivity index (χ4n) is 3.26. The average Bonchev–Trinajstić information content (AvgIpc) is 3.39. The van der Waals surface area contributed by atoms with Gasteiger partial charge in [-0.1, -0.05) is 42.5 Å². The van der Waals surface area contributed by atoms with Crippen molar-refractivity contribution in [1.82, 2.24) is 0 Å². The molecule has 21 heavy (non-hydrogen) atoms. The van der Waals surface area contributed by atoms with Gasteiger partial charge in [0, 0.05) is 5.41 Å². The van der Waals surface area contributed by atoms with Gasteiger partial charge in [-0.25, -0.2) is 0 Å². The minimum absolute atomic E-state index is 0.261. The highest BCUT2D eigenvalue weighted by molar-refractivity contribution is 5.49. The maximum Gasteiger partial charge on any atom is 0.122 e. The van der Waals surface area contributed by atoms with Gasteiger partial charge in [0.15, 0.2) is 0 Å². The molecule has 0 amide bonds. The summed E-state index contributed by atoms with van der Waals surface area (Å²) in [6, 6.07) is 17.8. The molecule has 1 aliphatic carbocycles. The number of hydrogen-bond acceptors (Lipinski definition) is 2. The van der Waals surface area contributed by atoms with Crippen LogP contribution in [0.3, 0.4) is 0 Å². The second kappa shape index (κ2) is 5.90. The van der Waals surface area contributed by atoms with Crippen LogP contribution in [0.5, 0.6) is 5.75 Å². The van der Waals surface area contributed by atoms with Crippen LogP contribution in [-0.2, 0) is 11.8 Å². The first-order valence-corrected chi connectivity index (χ1v) is 7.78. The molecule has 1 heterocycles. The van der Waals surface area contributed by atoms with E-state index < -0.39 is 0 Å². The number of aryl methyl sites for hydroxylation is 1. The molecule has 0 unspecified atom stereocenters. The second-order valence-corrected chi connectivity index (χ2v) is 5.72. The lowest BCUT2D eigenvalue weighted by Gasteiger charge is -2.22. The molecule has 2 aliphatic rings. The highest BCUT2D eigenvalue weighted by Gasteiger charge is 2.45. The minimum atomic E-state index is 0.261. The fourth-order valence-corrected chi connectivity index (χ4v) is 3.26. The first-order valence-electron chi connectivity index (χ1n) is 7.78. The lowest BCUT2D eigenvalue weighted by atomic mass is 9.87. The maximum atomic E-state index is 5.82. The number of nitrogens with two attached hydrogens (primary N) is 1. The van der Waals surface area contributed by atoms with Crippen molar-refractivity contribution in [2.75, 3.05) is 13.7 Å². The highest BCUT2D eigenvalue weighted by Crippen LogP contribution is 2.54. The number of ether oxygens (including phenoxy) is 1. The molecule has 2 aromatic rings. The monoisotopic (exact) mass is 281 g/mol. The SMILES string of the molecule is CN.c1ccc(C2(c3ccc4c(c3)OCCC4)CC2)cc1. The van der Waals surface area contributed by atoms with Gasteiger partial charge in [0.2, 0.25) is 0 Å². The van der Waals surface area contributed by atoms with Crippen molar-refractivity contribution in [3.63, 3.8) is 0 Å². The summed E-state index contributed by atoms with van der Waals surface area (Å²) >= 11 is 0. The molecule has 2 heteroatoms. The lowest BCUT2D eigenvalue weighted by Crippen LogP contribution is -2.12. The summed E-state index contributed by atoms with van der Waals surface area (Å²) in [6.45, 7) is 0.870. The van der Waals surface area contributed by atoms with E-state index in [1.54, 1.807) is 0 Å². The molecule has 4 rings (SSSR count). The third-order valence-corrected chi connectivity index (χ3v) is 4.54. The number of benzene rings is 2. The van der Waals surface area contributed by atoms with Gasteiger partial charge in [-0.05, 0) is 55.5 Å². The van der Waals surface area contributed by atoms with Gasteiger partial charge in [0.05, 0.1) is 6.61 Å². The van der Waals surface area contributed by atoms with Crippen molar-refractivity contribution >= 4 is 0 Å². The van der Waals surface area contributed by atoms with Crippen LogP contribution < -0.4 is 10.5 Å². The van der Waals surface area contributed by atoms with Crippen molar-refractivity contribution in [3.05, 3.63) is 65.2 Å². The smallest absolute Gasteiger partial charge is 0.122 e. The summed E-state index contributed by atoms with van der Waals surface area (Å²) in [5, 5.41) is 0. The van der Waals surface area contributed by atoms with Crippen LogP contribution in [-0.4, -0.2) is 13.7 Å². The predicted octanol–water partition coefficient (Wildman–Crippen LogP) is 3.67. The molecular formula is C19H23NO. The van der Waals surface area contributed by atoms with Crippen LogP contribution >= 0.6 is 0 Å². The topological polar surface area (TPSA) is 35.2 Å². The molecule has 110 valence electrons. The van der Waals surface area contributed by atoms with Crippen LogP contribution in [0.2, 0.25) is 0 Å². The molecule has 2 N–H and O–H groups in total. The molecule has 0 radical (unpaired) electrons. The van der Waals surface area contributed by atoms with Crippen LogP contribution in [0, 0.1) is 0 Å². The average molecular weight is 281 g/mol. The Morgan fingerprint density at radius 2 is 1.71 bits per heavy atom. The van der Waals surface area contributed by atoms with Gasteiger partial charge >= 0.3 is 0 Å². The van der Waals surface area contributed by atoms with E-state index >= 15 is 0 Å². The third-order valence-electron chi connectivity index (χ3n) is 4.54. The summed E-state index contributed by atoms with van der Waals surface area (Å²) < 4.78 is 5.82. The summed E-state index contributed by atoms with van der Waals surface area (Å²) in [5.41, 5.74) is 9.01. The minimum Gasteiger partial charge on any atom is -0.493 e. The molecule has 2 nitrogen and oxygen atoms in total. The third kappa shape index (κ3) is 2.56. The Morgan fingerprint density at radius 1 is 0.952 bits per heavy atom. The first-order chi connectivity index (χ1) is 10.4. The summed E-state index contributed by atoms with van der Waals surface area (Å²) in [5.74, 6) is 1.12. The van der Waals surface area contributed by atoms with Crippen molar-refractivity contribution < 1.29 is 4.74 Å². The zero-order chi connectivity index (χ0) is 14.7. The van der Waals surface area contributed by atoms with Gasteiger partial charge in [-0.15, -0.1) is 0 Å². The van der Waals surface area contributed by atoms with E-state index in [0.717, 1.165) is 25.2 Å². The van der Waals surface area contributed by atoms with Crippen molar-refractivity contribution in [1.29, 1.82) is 0 Å². The molecule has 0 spiro atoms. The summed E-state index contributed by atoms with van der Waals surface area (Å²) in [7, 11) is 1.50. The van der Waals surface area contributed by atoms with E-state index in [-0.39, 0.29) is 5.41 Å². The molecule has 0 aromatic heterocycles. The maximum absolute atomic E-state index is 5.82. The quantitative estimate of drug-likeness (QED) is 0.911. The largest absolute Gasteiger partial charge is 0.493 e. The molecule has 0 bridgehead atoms. The molecule has 2 aromatic carbocycles. The molecule has 1 fully saturated rings. The van der Waals surface area contributed by atoms with E-state index in [1.807, 2.05) is 0 Å². The van der Waals surface area contributed by atoms with E-state index in [2.05, 4.69) is 54.3 Å². The number of hydrogen-bond donors (Lipinski definition) is 1. The fraction of sp³-hybridized carbons (Fsp3) is 0.368. The van der Waals surface area contributed by atoms with E-state index in [9.17, 15) is 0 Å². The summed E-state index contributed by atoms with van der Waals surface area (Å²) in [6.07, 6.45) is 4.83. The molecule has 0 atom stereocenters. The van der Waals surface area contributed by atoms with Gasteiger partial charge in [-0.3, -0.25) is 0 Å². The zero-order valence-electron chi connectivity index (χ0n) is 12.6. The Balaban J connectivity index is 0.000000636.